The van der Waals surface area contributed by atoms with Crippen molar-refractivity contribution in [1.82, 2.24) is 4.98 Å². The molecular weight excluding hydrogens is 280 g/mol. The van der Waals surface area contributed by atoms with Crippen LogP contribution >= 0.6 is 15.9 Å². The molecule has 0 spiro atoms. The maximum atomic E-state index is 12.0. The van der Waals surface area contributed by atoms with Gasteiger partial charge in [0.15, 0.2) is 0 Å². The molecule has 4 heteroatoms. The number of carbonyl (C=O) groups excluding carboxylic acids is 1. The molecule has 17 heavy (non-hydrogen) atoms. The molecule has 0 aliphatic rings. The zero-order chi connectivity index (χ0) is 12.4. The van der Waals surface area contributed by atoms with E-state index >= 15 is 0 Å². The van der Waals surface area contributed by atoms with E-state index in [1.807, 2.05) is 44.2 Å². The number of nitrogens with one attached hydrogen (secondary N) is 2. The number of benzene rings is 1. The molecule has 0 radical (unpaired) electrons. The van der Waals surface area contributed by atoms with Crippen molar-refractivity contribution >= 4 is 27.5 Å². The fourth-order valence-electron chi connectivity index (χ4n) is 1.71. The number of rotatable bonds is 2. The molecule has 2 rings (SSSR count). The van der Waals surface area contributed by atoms with Crippen LogP contribution in [0.2, 0.25) is 0 Å². The molecular formula is C13H13BrN2O. The first-order valence-corrected chi connectivity index (χ1v) is 6.09. The molecule has 0 fully saturated rings. The molecule has 2 N–H and O–H groups in total. The van der Waals surface area contributed by atoms with Gasteiger partial charge in [0.05, 0.1) is 11.3 Å². The average Bonchev–Trinajstić information content (AvgIpc) is 2.61. The van der Waals surface area contributed by atoms with Crippen molar-refractivity contribution in [1.29, 1.82) is 0 Å². The number of para-hydroxylation sites is 1. The minimum Gasteiger partial charge on any atom is -0.362 e. The lowest BCUT2D eigenvalue weighted by atomic mass is 10.2. The number of aromatic nitrogens is 1. The minimum absolute atomic E-state index is 0.0984. The second-order valence-corrected chi connectivity index (χ2v) is 4.78. The van der Waals surface area contributed by atoms with E-state index in [1.165, 1.54) is 0 Å². The summed E-state index contributed by atoms with van der Waals surface area (Å²) >= 11 is 3.40. The quantitative estimate of drug-likeness (QED) is 0.872. The Morgan fingerprint density at radius 3 is 2.59 bits per heavy atom. The topological polar surface area (TPSA) is 44.9 Å². The molecule has 0 aliphatic carbocycles. The van der Waals surface area contributed by atoms with Crippen molar-refractivity contribution in [2.75, 3.05) is 5.32 Å². The van der Waals surface area contributed by atoms with E-state index in [1.54, 1.807) is 0 Å². The van der Waals surface area contributed by atoms with Crippen LogP contribution in [0.3, 0.4) is 0 Å². The number of H-pyrrole nitrogens is 1. The Labute approximate surface area is 108 Å². The van der Waals surface area contributed by atoms with Gasteiger partial charge in [0, 0.05) is 15.9 Å². The zero-order valence-electron chi connectivity index (χ0n) is 9.67. The minimum atomic E-state index is -0.0984. The van der Waals surface area contributed by atoms with Gasteiger partial charge >= 0.3 is 0 Å². The van der Waals surface area contributed by atoms with Crippen molar-refractivity contribution in [2.24, 2.45) is 0 Å². The molecule has 0 saturated carbocycles. The van der Waals surface area contributed by atoms with E-state index in [9.17, 15) is 4.79 Å². The van der Waals surface area contributed by atoms with E-state index in [0.717, 1.165) is 21.5 Å². The monoisotopic (exact) mass is 292 g/mol. The van der Waals surface area contributed by atoms with Gasteiger partial charge in [-0.1, -0.05) is 12.1 Å². The van der Waals surface area contributed by atoms with Gasteiger partial charge in [-0.05, 0) is 48.0 Å². The highest BCUT2D eigenvalue weighted by Gasteiger charge is 2.12. The van der Waals surface area contributed by atoms with Crippen LogP contribution in [0.15, 0.2) is 34.8 Å². The van der Waals surface area contributed by atoms with Gasteiger partial charge in [-0.3, -0.25) is 4.79 Å². The second kappa shape index (κ2) is 4.75. The third kappa shape index (κ3) is 2.58. The second-order valence-electron chi connectivity index (χ2n) is 3.92. The van der Waals surface area contributed by atoms with Crippen LogP contribution in [0, 0.1) is 13.8 Å². The highest BCUT2D eigenvalue weighted by Crippen LogP contribution is 2.22. The first-order valence-electron chi connectivity index (χ1n) is 5.30. The predicted molar refractivity (Wildman–Crippen MR) is 72.4 cm³/mol. The third-order valence-electron chi connectivity index (χ3n) is 2.52. The van der Waals surface area contributed by atoms with Crippen LogP contribution in [0.5, 0.6) is 0 Å². The summed E-state index contributed by atoms with van der Waals surface area (Å²) < 4.78 is 0.873. The van der Waals surface area contributed by atoms with Crippen LogP contribution in [-0.4, -0.2) is 10.9 Å². The largest absolute Gasteiger partial charge is 0.362 e. The van der Waals surface area contributed by atoms with Gasteiger partial charge < -0.3 is 10.3 Å². The Bertz CT molecular complexity index is 560. The Morgan fingerprint density at radius 1 is 1.29 bits per heavy atom. The van der Waals surface area contributed by atoms with Crippen LogP contribution in [0.25, 0.3) is 0 Å². The smallest absolute Gasteiger partial charge is 0.257 e. The van der Waals surface area contributed by atoms with Crippen molar-refractivity contribution in [3.8, 4) is 0 Å². The summed E-state index contributed by atoms with van der Waals surface area (Å²) in [6, 6.07) is 9.39. The van der Waals surface area contributed by atoms with E-state index in [4.69, 9.17) is 0 Å². The van der Waals surface area contributed by atoms with E-state index in [-0.39, 0.29) is 5.91 Å². The van der Waals surface area contributed by atoms with Gasteiger partial charge in [0.2, 0.25) is 0 Å². The molecule has 0 unspecified atom stereocenters. The Hall–Kier alpha value is -1.55. The number of carbonyl (C=O) groups is 1. The number of aryl methyl sites for hydroxylation is 2. The third-order valence-corrected chi connectivity index (χ3v) is 3.21. The maximum Gasteiger partial charge on any atom is 0.257 e. The van der Waals surface area contributed by atoms with Crippen molar-refractivity contribution in [3.05, 3.63) is 51.8 Å². The van der Waals surface area contributed by atoms with Crippen LogP contribution in [0.1, 0.15) is 21.7 Å². The first-order chi connectivity index (χ1) is 8.08. The molecule has 1 aromatic carbocycles. The number of aromatic amines is 1. The van der Waals surface area contributed by atoms with Crippen molar-refractivity contribution in [3.63, 3.8) is 0 Å². The first kappa shape index (κ1) is 11.9. The molecule has 1 aromatic heterocycles. The van der Waals surface area contributed by atoms with Gasteiger partial charge in [0.25, 0.3) is 5.91 Å². The molecule has 2 aromatic rings. The fraction of sp³-hybridized carbons (Fsp3) is 0.154. The van der Waals surface area contributed by atoms with Crippen LogP contribution in [-0.2, 0) is 0 Å². The number of amides is 1. The number of anilines is 1. The lowest BCUT2D eigenvalue weighted by Gasteiger charge is -2.06. The SMILES string of the molecule is Cc1cc(C(=O)Nc2ccccc2Br)c(C)[nH]1. The van der Waals surface area contributed by atoms with Crippen LogP contribution < -0.4 is 5.32 Å². The molecule has 0 bridgehead atoms. The number of halogens is 1. The average molecular weight is 293 g/mol. The summed E-state index contributed by atoms with van der Waals surface area (Å²) in [5.74, 6) is -0.0984. The summed E-state index contributed by atoms with van der Waals surface area (Å²) in [6.45, 7) is 3.82. The molecule has 0 saturated heterocycles. The van der Waals surface area contributed by atoms with Crippen LogP contribution in [0.4, 0.5) is 5.69 Å². The van der Waals surface area contributed by atoms with Gasteiger partial charge in [-0.2, -0.15) is 0 Å². The Morgan fingerprint density at radius 2 is 2.00 bits per heavy atom. The zero-order valence-corrected chi connectivity index (χ0v) is 11.3. The predicted octanol–water partition coefficient (Wildman–Crippen LogP) is 3.65. The van der Waals surface area contributed by atoms with Gasteiger partial charge in [0.1, 0.15) is 0 Å². The molecule has 88 valence electrons. The lowest BCUT2D eigenvalue weighted by molar-refractivity contribution is 0.102. The summed E-state index contributed by atoms with van der Waals surface area (Å²) in [7, 11) is 0. The van der Waals surface area contributed by atoms with E-state index in [0.29, 0.717) is 5.56 Å². The van der Waals surface area contributed by atoms with Gasteiger partial charge in [-0.25, -0.2) is 0 Å². The van der Waals surface area contributed by atoms with E-state index < -0.39 is 0 Å². The standard InChI is InChI=1S/C13H13BrN2O/c1-8-7-10(9(2)15-8)13(17)16-12-6-4-3-5-11(12)14/h3-7,15H,1-2H3,(H,16,17). The normalized spacial score (nSPS) is 10.3. The molecule has 1 heterocycles. The Kier molecular flexibility index (Phi) is 3.33. The Balaban J connectivity index is 2.23. The van der Waals surface area contributed by atoms with Crippen molar-refractivity contribution in [2.45, 2.75) is 13.8 Å². The summed E-state index contributed by atoms with van der Waals surface area (Å²) in [4.78, 5) is 15.2. The highest BCUT2D eigenvalue weighted by molar-refractivity contribution is 9.10. The maximum absolute atomic E-state index is 12.0. The highest BCUT2D eigenvalue weighted by atomic mass is 79.9. The molecule has 3 nitrogen and oxygen atoms in total. The molecule has 0 atom stereocenters. The summed E-state index contributed by atoms with van der Waals surface area (Å²) in [5.41, 5.74) is 3.32. The van der Waals surface area contributed by atoms with Crippen molar-refractivity contribution < 1.29 is 4.79 Å². The number of hydrogen-bond donors (Lipinski definition) is 2. The number of hydrogen-bond acceptors (Lipinski definition) is 1. The summed E-state index contributed by atoms with van der Waals surface area (Å²) in [5, 5.41) is 2.87. The molecule has 0 aliphatic heterocycles. The van der Waals surface area contributed by atoms with E-state index in [2.05, 4.69) is 26.2 Å². The lowest BCUT2D eigenvalue weighted by Crippen LogP contribution is -2.12. The van der Waals surface area contributed by atoms with Gasteiger partial charge in [-0.15, -0.1) is 0 Å². The fourth-order valence-corrected chi connectivity index (χ4v) is 2.10. The summed E-state index contributed by atoms with van der Waals surface area (Å²) in [6.07, 6.45) is 0. The molecule has 1 amide bonds.